The number of likely N-dealkylation sites (tertiary alicyclic amines) is 1. The summed E-state index contributed by atoms with van der Waals surface area (Å²) in [6, 6.07) is 23.2. The van der Waals surface area contributed by atoms with Crippen LogP contribution in [0.25, 0.3) is 11.1 Å². The molecule has 2 heterocycles. The number of rotatable bonds is 7. The van der Waals surface area contributed by atoms with Crippen LogP contribution in [0.5, 0.6) is 0 Å². The van der Waals surface area contributed by atoms with E-state index < -0.39 is 0 Å². The Labute approximate surface area is 185 Å². The molecule has 0 saturated carbocycles. The monoisotopic (exact) mass is 413 g/mol. The molecule has 1 N–H and O–H groups in total. The number of nitrogens with one attached hydrogen (secondary N) is 1. The molecule has 4 heteroatoms. The largest absolute Gasteiger partial charge is 0.356 e. The standard InChI is InChI=1S/C27H31N3O/c1-2-29-26(31)27(14-18-30(19-15-27)21-22-8-4-3-5-9-22)20-24-10-6-7-11-25(24)23-12-16-28-17-13-23/h3-13,16-17H,2,14-15,18-21H2,1H3,(H,29,31). The molecule has 1 saturated heterocycles. The van der Waals surface area contributed by atoms with Gasteiger partial charge >= 0.3 is 0 Å². The van der Waals surface area contributed by atoms with Crippen molar-refractivity contribution in [2.45, 2.75) is 32.7 Å². The fourth-order valence-electron chi connectivity index (χ4n) is 4.67. The highest BCUT2D eigenvalue weighted by Crippen LogP contribution is 2.38. The maximum absolute atomic E-state index is 13.3. The maximum atomic E-state index is 13.3. The van der Waals surface area contributed by atoms with Crippen LogP contribution >= 0.6 is 0 Å². The Kier molecular flexibility index (Phi) is 6.78. The molecule has 0 aliphatic carbocycles. The van der Waals surface area contributed by atoms with E-state index in [9.17, 15) is 4.79 Å². The Morgan fingerprint density at radius 3 is 2.35 bits per heavy atom. The van der Waals surface area contributed by atoms with Crippen LogP contribution in [0.15, 0.2) is 79.1 Å². The molecule has 3 aromatic rings. The van der Waals surface area contributed by atoms with Gasteiger partial charge in [-0.2, -0.15) is 0 Å². The minimum Gasteiger partial charge on any atom is -0.356 e. The Bertz CT molecular complexity index is 980. The first kappa shape index (κ1) is 21.3. The van der Waals surface area contributed by atoms with Gasteiger partial charge in [0, 0.05) is 25.5 Å². The fraction of sp³-hybridized carbons (Fsp3) is 0.333. The molecule has 1 aliphatic heterocycles. The first-order valence-electron chi connectivity index (χ1n) is 11.2. The van der Waals surface area contributed by atoms with Gasteiger partial charge in [0.2, 0.25) is 5.91 Å². The normalized spacial score (nSPS) is 16.0. The minimum atomic E-state index is -0.369. The summed E-state index contributed by atoms with van der Waals surface area (Å²) in [4.78, 5) is 19.9. The molecule has 4 rings (SSSR count). The van der Waals surface area contributed by atoms with Crippen molar-refractivity contribution in [1.82, 2.24) is 15.2 Å². The number of hydrogen-bond acceptors (Lipinski definition) is 3. The number of nitrogens with zero attached hydrogens (tertiary/aromatic N) is 2. The Morgan fingerprint density at radius 1 is 0.968 bits per heavy atom. The van der Waals surface area contributed by atoms with Crippen LogP contribution in [0.1, 0.15) is 30.9 Å². The van der Waals surface area contributed by atoms with Crippen molar-refractivity contribution < 1.29 is 4.79 Å². The second kappa shape index (κ2) is 9.88. The summed E-state index contributed by atoms with van der Waals surface area (Å²) in [5.41, 5.74) is 4.54. The number of aromatic nitrogens is 1. The van der Waals surface area contributed by atoms with E-state index in [-0.39, 0.29) is 11.3 Å². The molecular weight excluding hydrogens is 382 g/mol. The summed E-state index contributed by atoms with van der Waals surface area (Å²) in [6.45, 7) is 5.48. The molecule has 1 aromatic heterocycles. The SMILES string of the molecule is CCNC(=O)C1(Cc2ccccc2-c2ccncc2)CCN(Cc2ccccc2)CC1. The molecular formula is C27H31N3O. The third-order valence-electron chi connectivity index (χ3n) is 6.42. The first-order chi connectivity index (χ1) is 15.2. The van der Waals surface area contributed by atoms with Crippen molar-refractivity contribution in [2.24, 2.45) is 5.41 Å². The molecule has 1 amide bonds. The number of carbonyl (C=O) groups is 1. The Balaban J connectivity index is 1.56. The number of piperidine rings is 1. The van der Waals surface area contributed by atoms with Crippen LogP contribution in [0, 0.1) is 5.41 Å². The molecule has 4 nitrogen and oxygen atoms in total. The smallest absolute Gasteiger partial charge is 0.226 e. The molecule has 0 bridgehead atoms. The second-order valence-corrected chi connectivity index (χ2v) is 8.47. The zero-order valence-corrected chi connectivity index (χ0v) is 18.3. The van der Waals surface area contributed by atoms with Gasteiger partial charge in [0.05, 0.1) is 5.41 Å². The lowest BCUT2D eigenvalue weighted by Crippen LogP contribution is -2.49. The molecule has 2 aromatic carbocycles. The van der Waals surface area contributed by atoms with Gasteiger partial charge in [-0.05, 0) is 73.7 Å². The van der Waals surface area contributed by atoms with Gasteiger partial charge in [0.25, 0.3) is 0 Å². The van der Waals surface area contributed by atoms with Crippen molar-refractivity contribution in [3.8, 4) is 11.1 Å². The van der Waals surface area contributed by atoms with Crippen molar-refractivity contribution in [3.63, 3.8) is 0 Å². The lowest BCUT2D eigenvalue weighted by atomic mass is 9.72. The van der Waals surface area contributed by atoms with E-state index in [2.05, 4.69) is 69.8 Å². The maximum Gasteiger partial charge on any atom is 0.226 e. The second-order valence-electron chi connectivity index (χ2n) is 8.47. The van der Waals surface area contributed by atoms with Gasteiger partial charge in [-0.15, -0.1) is 0 Å². The average molecular weight is 414 g/mol. The zero-order chi connectivity index (χ0) is 21.5. The number of pyridine rings is 1. The molecule has 1 aliphatic rings. The van der Waals surface area contributed by atoms with E-state index >= 15 is 0 Å². The lowest BCUT2D eigenvalue weighted by molar-refractivity contribution is -0.134. The summed E-state index contributed by atoms with van der Waals surface area (Å²) in [7, 11) is 0. The highest BCUT2D eigenvalue weighted by atomic mass is 16.2. The molecule has 1 fully saturated rings. The van der Waals surface area contributed by atoms with Gasteiger partial charge in [-0.25, -0.2) is 0 Å². The third-order valence-corrected chi connectivity index (χ3v) is 6.42. The quantitative estimate of drug-likeness (QED) is 0.610. The average Bonchev–Trinajstić information content (AvgIpc) is 2.82. The summed E-state index contributed by atoms with van der Waals surface area (Å²) in [5.74, 6) is 0.193. The van der Waals surface area contributed by atoms with Crippen LogP contribution in [0.2, 0.25) is 0 Å². The van der Waals surface area contributed by atoms with E-state index in [4.69, 9.17) is 0 Å². The van der Waals surface area contributed by atoms with Crippen LogP contribution in [-0.2, 0) is 17.8 Å². The van der Waals surface area contributed by atoms with Crippen LogP contribution in [0.3, 0.4) is 0 Å². The number of hydrogen-bond donors (Lipinski definition) is 1. The highest BCUT2D eigenvalue weighted by molar-refractivity contribution is 5.83. The molecule has 31 heavy (non-hydrogen) atoms. The van der Waals surface area contributed by atoms with Crippen LogP contribution in [0.4, 0.5) is 0 Å². The summed E-state index contributed by atoms with van der Waals surface area (Å²) >= 11 is 0. The van der Waals surface area contributed by atoms with E-state index in [1.54, 1.807) is 0 Å². The molecule has 160 valence electrons. The molecule has 0 spiro atoms. The van der Waals surface area contributed by atoms with Crippen LogP contribution in [-0.4, -0.2) is 35.4 Å². The van der Waals surface area contributed by atoms with E-state index in [1.165, 1.54) is 16.7 Å². The number of amides is 1. The van der Waals surface area contributed by atoms with Gasteiger partial charge < -0.3 is 5.32 Å². The summed E-state index contributed by atoms with van der Waals surface area (Å²) in [6.07, 6.45) is 6.16. The first-order valence-corrected chi connectivity index (χ1v) is 11.2. The van der Waals surface area contributed by atoms with Gasteiger partial charge in [0.15, 0.2) is 0 Å². The van der Waals surface area contributed by atoms with E-state index in [0.29, 0.717) is 6.54 Å². The number of carbonyl (C=O) groups excluding carboxylic acids is 1. The Hall–Kier alpha value is -2.98. The van der Waals surface area contributed by atoms with Crippen molar-refractivity contribution >= 4 is 5.91 Å². The molecule has 0 unspecified atom stereocenters. The number of benzene rings is 2. The predicted octanol–water partition coefficient (Wildman–Crippen LogP) is 4.71. The third kappa shape index (κ3) is 5.02. The fourth-order valence-corrected chi connectivity index (χ4v) is 4.67. The molecule has 0 radical (unpaired) electrons. The lowest BCUT2D eigenvalue weighted by Gasteiger charge is -2.41. The highest BCUT2D eigenvalue weighted by Gasteiger charge is 2.41. The topological polar surface area (TPSA) is 45.2 Å². The summed E-state index contributed by atoms with van der Waals surface area (Å²) < 4.78 is 0. The van der Waals surface area contributed by atoms with Crippen molar-refractivity contribution in [1.29, 1.82) is 0 Å². The van der Waals surface area contributed by atoms with Gasteiger partial charge in [0.1, 0.15) is 0 Å². The van der Waals surface area contributed by atoms with Crippen molar-refractivity contribution in [2.75, 3.05) is 19.6 Å². The van der Waals surface area contributed by atoms with E-state index in [1.807, 2.05) is 31.5 Å². The Morgan fingerprint density at radius 2 is 1.65 bits per heavy atom. The summed E-state index contributed by atoms with van der Waals surface area (Å²) in [5, 5.41) is 3.13. The minimum absolute atomic E-state index is 0.193. The van der Waals surface area contributed by atoms with Crippen molar-refractivity contribution in [3.05, 3.63) is 90.3 Å². The van der Waals surface area contributed by atoms with E-state index in [0.717, 1.165) is 44.5 Å². The predicted molar refractivity (Wildman–Crippen MR) is 125 cm³/mol. The van der Waals surface area contributed by atoms with Gasteiger partial charge in [-0.1, -0.05) is 54.6 Å². The zero-order valence-electron chi connectivity index (χ0n) is 18.3. The molecule has 0 atom stereocenters. The van der Waals surface area contributed by atoms with Gasteiger partial charge in [-0.3, -0.25) is 14.7 Å². The van der Waals surface area contributed by atoms with Crippen LogP contribution < -0.4 is 5.32 Å².